The Morgan fingerprint density at radius 3 is 2.70 bits per heavy atom. The molecule has 1 N–H and O–H groups in total. The largest absolute Gasteiger partial charge is 0.365 e. The predicted molar refractivity (Wildman–Crippen MR) is 124 cm³/mol. The van der Waals surface area contributed by atoms with E-state index in [1.54, 1.807) is 18.0 Å². The molecular weight excluding hydrogens is 396 g/mol. The molecule has 1 aromatic heterocycles. The molecule has 0 saturated carbocycles. The second kappa shape index (κ2) is 8.79. The van der Waals surface area contributed by atoms with Gasteiger partial charge in [0, 0.05) is 57.4 Å². The Morgan fingerprint density at radius 1 is 1.17 bits per heavy atom. The molecule has 2 aliphatic heterocycles. The second-order valence-corrected chi connectivity index (χ2v) is 7.98. The molecule has 1 aromatic carbocycles. The molecule has 1 saturated heterocycles. The van der Waals surface area contributed by atoms with Crippen LogP contribution in [0.2, 0.25) is 0 Å². The van der Waals surface area contributed by atoms with Crippen molar-refractivity contribution < 1.29 is 4.79 Å². The minimum absolute atomic E-state index is 0.0112. The summed E-state index contributed by atoms with van der Waals surface area (Å²) in [7, 11) is 0. The summed E-state index contributed by atoms with van der Waals surface area (Å²) >= 11 is 5.62. The molecule has 0 aliphatic carbocycles. The monoisotopic (exact) mass is 422 g/mol. The number of hydrogen-bond acceptors (Lipinski definition) is 5. The maximum Gasteiger partial charge on any atom is 0.223 e. The fraction of sp³-hybridized carbons (Fsp3) is 0.364. The van der Waals surface area contributed by atoms with Crippen molar-refractivity contribution in [3.8, 4) is 0 Å². The van der Waals surface area contributed by atoms with Crippen LogP contribution in [0.1, 0.15) is 26.0 Å². The van der Waals surface area contributed by atoms with Gasteiger partial charge in [-0.15, -0.1) is 0 Å². The normalized spacial score (nSPS) is 20.1. The third-order valence-electron chi connectivity index (χ3n) is 5.59. The number of pyridine rings is 1. The molecule has 1 unspecified atom stereocenters. The Morgan fingerprint density at radius 2 is 1.97 bits per heavy atom. The molecule has 7 nitrogen and oxygen atoms in total. The summed E-state index contributed by atoms with van der Waals surface area (Å²) in [6.45, 7) is 6.95. The summed E-state index contributed by atoms with van der Waals surface area (Å²) in [6, 6.07) is 14.6. The van der Waals surface area contributed by atoms with Crippen molar-refractivity contribution in [1.82, 2.24) is 15.3 Å². The van der Waals surface area contributed by atoms with E-state index in [2.05, 4.69) is 56.5 Å². The minimum atomic E-state index is 0.0112. The molecule has 1 atom stereocenters. The Bertz CT molecular complexity index is 963. The summed E-state index contributed by atoms with van der Waals surface area (Å²) < 4.78 is 0. The van der Waals surface area contributed by atoms with E-state index in [-0.39, 0.29) is 5.91 Å². The quantitative estimate of drug-likeness (QED) is 0.593. The first-order valence-corrected chi connectivity index (χ1v) is 10.6. The van der Waals surface area contributed by atoms with E-state index in [9.17, 15) is 4.79 Å². The average molecular weight is 423 g/mol. The Kier molecular flexibility index (Phi) is 5.94. The molecule has 30 heavy (non-hydrogen) atoms. The number of piperazine rings is 1. The maximum absolute atomic E-state index is 11.9. The van der Waals surface area contributed by atoms with Crippen molar-refractivity contribution in [2.24, 2.45) is 5.10 Å². The van der Waals surface area contributed by atoms with Gasteiger partial charge in [-0.2, -0.15) is 5.10 Å². The zero-order chi connectivity index (χ0) is 21.1. The lowest BCUT2D eigenvalue weighted by atomic mass is 10.1. The van der Waals surface area contributed by atoms with Gasteiger partial charge in [-0.3, -0.25) is 15.2 Å². The summed E-state index contributed by atoms with van der Waals surface area (Å²) in [4.78, 5) is 22.7. The topological polar surface area (TPSA) is 64.1 Å². The van der Waals surface area contributed by atoms with Crippen LogP contribution in [0.4, 0.5) is 11.4 Å². The van der Waals surface area contributed by atoms with Crippen LogP contribution in [0, 0.1) is 0 Å². The fourth-order valence-corrected chi connectivity index (χ4v) is 4.27. The van der Waals surface area contributed by atoms with Crippen molar-refractivity contribution >= 4 is 40.3 Å². The zero-order valence-corrected chi connectivity index (χ0v) is 18.1. The summed E-state index contributed by atoms with van der Waals surface area (Å²) in [5.41, 5.74) is 6.66. The lowest BCUT2D eigenvalue weighted by Gasteiger charge is -2.42. The number of amides is 1. The van der Waals surface area contributed by atoms with Crippen LogP contribution in [0.15, 0.2) is 53.8 Å². The van der Waals surface area contributed by atoms with Gasteiger partial charge in [0.2, 0.25) is 5.91 Å². The number of hydrazone groups is 1. The van der Waals surface area contributed by atoms with Gasteiger partial charge in [0.05, 0.1) is 11.4 Å². The van der Waals surface area contributed by atoms with Crippen LogP contribution in [-0.4, -0.2) is 58.8 Å². The smallest absolute Gasteiger partial charge is 0.223 e. The van der Waals surface area contributed by atoms with Crippen LogP contribution in [-0.2, 0) is 4.79 Å². The number of thiocarbonyl (C=S) groups is 1. The van der Waals surface area contributed by atoms with Crippen molar-refractivity contribution in [3.63, 3.8) is 0 Å². The number of aromatic nitrogens is 1. The number of benzene rings is 1. The number of carbonyl (C=O) groups excluding carboxylic acids is 1. The standard InChI is InChI=1S/C22H26N6OS/c1-16-15-26(13-14-27(16)18-7-4-3-5-8-18)22(30)25-24-19-10-12-28(17(2)29)20-9-6-11-23-21(19)20/h3-9,11,16H,10,12-15H2,1-2H3,(H,25,30)/b24-19-. The number of carbonyl (C=O) groups is 1. The van der Waals surface area contributed by atoms with Crippen molar-refractivity contribution in [2.75, 3.05) is 36.0 Å². The van der Waals surface area contributed by atoms with Crippen molar-refractivity contribution in [1.29, 1.82) is 0 Å². The van der Waals surface area contributed by atoms with E-state index in [4.69, 9.17) is 12.2 Å². The highest BCUT2D eigenvalue weighted by molar-refractivity contribution is 7.80. The Hall–Kier alpha value is -3.00. The van der Waals surface area contributed by atoms with Gasteiger partial charge >= 0.3 is 0 Å². The highest BCUT2D eigenvalue weighted by Gasteiger charge is 2.27. The third kappa shape index (κ3) is 4.14. The molecule has 2 aliphatic rings. The van der Waals surface area contributed by atoms with E-state index < -0.39 is 0 Å². The van der Waals surface area contributed by atoms with Crippen LogP contribution < -0.4 is 15.2 Å². The number of para-hydroxylation sites is 1. The first-order chi connectivity index (χ1) is 14.5. The molecule has 4 rings (SSSR count). The summed E-state index contributed by atoms with van der Waals surface area (Å²) in [5.74, 6) is 0.0112. The summed E-state index contributed by atoms with van der Waals surface area (Å²) in [5, 5.41) is 5.18. The third-order valence-corrected chi connectivity index (χ3v) is 5.94. The molecule has 1 amide bonds. The van der Waals surface area contributed by atoms with Gasteiger partial charge in [0.1, 0.15) is 5.69 Å². The van der Waals surface area contributed by atoms with E-state index in [0.717, 1.165) is 36.7 Å². The molecule has 0 bridgehead atoms. The van der Waals surface area contributed by atoms with E-state index in [0.29, 0.717) is 24.1 Å². The fourth-order valence-electron chi connectivity index (χ4n) is 4.06. The number of rotatable bonds is 2. The highest BCUT2D eigenvalue weighted by atomic mass is 32.1. The molecule has 3 heterocycles. The number of fused-ring (bicyclic) bond motifs is 1. The molecule has 8 heteroatoms. The Balaban J connectivity index is 1.42. The maximum atomic E-state index is 11.9. The minimum Gasteiger partial charge on any atom is -0.365 e. The average Bonchev–Trinajstić information content (AvgIpc) is 2.77. The molecule has 0 radical (unpaired) electrons. The first kappa shape index (κ1) is 20.3. The van der Waals surface area contributed by atoms with E-state index in [1.165, 1.54) is 5.69 Å². The molecule has 2 aromatic rings. The number of nitrogens with zero attached hydrogens (tertiary/aromatic N) is 5. The van der Waals surface area contributed by atoms with Gasteiger partial charge in [0.15, 0.2) is 5.11 Å². The van der Waals surface area contributed by atoms with E-state index >= 15 is 0 Å². The van der Waals surface area contributed by atoms with E-state index in [1.807, 2.05) is 18.2 Å². The molecule has 0 spiro atoms. The SMILES string of the molecule is CC(=O)N1CC/C(=N/NC(=S)N2CCN(c3ccccc3)C(C)C2)c2ncccc21. The van der Waals surface area contributed by atoms with Gasteiger partial charge in [-0.25, -0.2) is 0 Å². The van der Waals surface area contributed by atoms with Gasteiger partial charge < -0.3 is 14.7 Å². The van der Waals surface area contributed by atoms with Crippen LogP contribution in [0.25, 0.3) is 0 Å². The summed E-state index contributed by atoms with van der Waals surface area (Å²) in [6.07, 6.45) is 2.36. The molecule has 1 fully saturated rings. The number of hydrogen-bond donors (Lipinski definition) is 1. The number of nitrogens with one attached hydrogen (secondary N) is 1. The van der Waals surface area contributed by atoms with Crippen molar-refractivity contribution in [2.45, 2.75) is 26.3 Å². The van der Waals surface area contributed by atoms with Gasteiger partial charge in [-0.05, 0) is 43.4 Å². The van der Waals surface area contributed by atoms with Gasteiger partial charge in [-0.1, -0.05) is 18.2 Å². The van der Waals surface area contributed by atoms with Crippen LogP contribution in [0.3, 0.4) is 0 Å². The predicted octanol–water partition coefficient (Wildman–Crippen LogP) is 2.63. The van der Waals surface area contributed by atoms with Crippen molar-refractivity contribution in [3.05, 3.63) is 54.4 Å². The lowest BCUT2D eigenvalue weighted by Crippen LogP contribution is -2.55. The lowest BCUT2D eigenvalue weighted by molar-refractivity contribution is -0.116. The van der Waals surface area contributed by atoms with Crippen LogP contribution >= 0.6 is 12.2 Å². The Labute approximate surface area is 182 Å². The van der Waals surface area contributed by atoms with Gasteiger partial charge in [0.25, 0.3) is 0 Å². The zero-order valence-electron chi connectivity index (χ0n) is 17.3. The highest BCUT2D eigenvalue weighted by Crippen LogP contribution is 2.25. The van der Waals surface area contributed by atoms with Crippen LogP contribution in [0.5, 0.6) is 0 Å². The molecular formula is C22H26N6OS. The first-order valence-electron chi connectivity index (χ1n) is 10.2. The molecule has 156 valence electrons. The number of anilines is 2. The second-order valence-electron chi connectivity index (χ2n) is 7.59.